The van der Waals surface area contributed by atoms with Crippen LogP contribution in [0.5, 0.6) is 0 Å². The Morgan fingerprint density at radius 2 is 1.88 bits per heavy atom. The van der Waals surface area contributed by atoms with E-state index in [0.717, 1.165) is 28.1 Å². The summed E-state index contributed by atoms with van der Waals surface area (Å²) in [6, 6.07) is 10.0. The van der Waals surface area contributed by atoms with Crippen LogP contribution in [-0.2, 0) is 4.79 Å². The number of thioether (sulfide) groups is 1. The van der Waals surface area contributed by atoms with Gasteiger partial charge in [-0.1, -0.05) is 18.2 Å². The van der Waals surface area contributed by atoms with Crippen LogP contribution in [0.25, 0.3) is 0 Å². The van der Waals surface area contributed by atoms with Gasteiger partial charge in [-0.05, 0) is 50.5 Å². The summed E-state index contributed by atoms with van der Waals surface area (Å²) in [6.07, 6.45) is 0.373. The number of anilines is 1. The Bertz CT molecular complexity index is 789. The molecule has 124 valence electrons. The Balaban J connectivity index is 1.98. The molecule has 24 heavy (non-hydrogen) atoms. The molecule has 2 aromatic rings. The van der Waals surface area contributed by atoms with Crippen molar-refractivity contribution in [2.24, 2.45) is 0 Å². The van der Waals surface area contributed by atoms with Gasteiger partial charge in [0.25, 0.3) is 0 Å². The number of hydrogen-bond acceptors (Lipinski definition) is 4. The van der Waals surface area contributed by atoms with E-state index in [1.807, 2.05) is 52.0 Å². The molecule has 0 spiro atoms. The largest absolute Gasteiger partial charge is 0.326 e. The number of amides is 1. The number of benzene rings is 1. The monoisotopic (exact) mass is 339 g/mol. The molecule has 0 unspecified atom stereocenters. The Hall–Kier alpha value is -2.32. The minimum Gasteiger partial charge on any atom is -0.326 e. The van der Waals surface area contributed by atoms with Crippen LogP contribution < -0.4 is 5.32 Å². The maximum Gasteiger partial charge on any atom is 0.225 e. The first-order valence-corrected chi connectivity index (χ1v) is 8.78. The van der Waals surface area contributed by atoms with Crippen molar-refractivity contribution in [3.63, 3.8) is 0 Å². The molecule has 4 nitrogen and oxygen atoms in total. The van der Waals surface area contributed by atoms with Crippen molar-refractivity contribution in [3.8, 4) is 6.07 Å². The number of para-hydroxylation sites is 1. The Morgan fingerprint density at radius 1 is 1.21 bits per heavy atom. The number of nitrogens with zero attached hydrogens (tertiary/aromatic N) is 2. The molecule has 0 aliphatic rings. The molecule has 0 aliphatic carbocycles. The Morgan fingerprint density at radius 3 is 2.50 bits per heavy atom. The van der Waals surface area contributed by atoms with Gasteiger partial charge in [0, 0.05) is 23.6 Å². The fraction of sp³-hybridized carbons (Fsp3) is 0.316. The number of carbonyl (C=O) groups excluding carboxylic acids is 1. The number of pyridine rings is 1. The molecule has 0 saturated heterocycles. The van der Waals surface area contributed by atoms with Gasteiger partial charge >= 0.3 is 0 Å². The number of carbonyl (C=O) groups is 1. The van der Waals surface area contributed by atoms with Crippen molar-refractivity contribution in [2.45, 2.75) is 39.1 Å². The van der Waals surface area contributed by atoms with E-state index in [-0.39, 0.29) is 5.91 Å². The van der Waals surface area contributed by atoms with E-state index in [0.29, 0.717) is 22.8 Å². The highest BCUT2D eigenvalue weighted by atomic mass is 32.2. The van der Waals surface area contributed by atoms with Gasteiger partial charge in [-0.25, -0.2) is 4.98 Å². The standard InChI is InChI=1S/C19H21N3OS/c1-12-6-5-7-13(2)18(12)22-17(23)8-9-24-19-16(11-20)14(3)10-15(4)21-19/h5-7,10H,8-9H2,1-4H3,(H,22,23). The number of aryl methyl sites for hydroxylation is 4. The van der Waals surface area contributed by atoms with E-state index in [9.17, 15) is 10.1 Å². The molecule has 2 rings (SSSR count). The average molecular weight is 339 g/mol. The molecule has 0 saturated carbocycles. The first-order valence-electron chi connectivity index (χ1n) is 7.79. The van der Waals surface area contributed by atoms with E-state index in [1.54, 1.807) is 0 Å². The predicted molar refractivity (Wildman–Crippen MR) is 98.3 cm³/mol. The van der Waals surface area contributed by atoms with E-state index in [1.165, 1.54) is 11.8 Å². The van der Waals surface area contributed by atoms with Crippen LogP contribution in [0.15, 0.2) is 29.3 Å². The van der Waals surface area contributed by atoms with Gasteiger partial charge in [-0.15, -0.1) is 11.8 Å². The normalized spacial score (nSPS) is 10.3. The third-order valence-corrected chi connectivity index (χ3v) is 4.71. The fourth-order valence-corrected chi connectivity index (χ4v) is 3.54. The van der Waals surface area contributed by atoms with Gasteiger partial charge in [-0.2, -0.15) is 5.26 Å². The highest BCUT2D eigenvalue weighted by molar-refractivity contribution is 7.99. The quantitative estimate of drug-likeness (QED) is 0.825. The molecular weight excluding hydrogens is 318 g/mol. The molecule has 0 atom stereocenters. The van der Waals surface area contributed by atoms with Crippen molar-refractivity contribution < 1.29 is 4.79 Å². The number of nitriles is 1. The summed E-state index contributed by atoms with van der Waals surface area (Å²) in [5, 5.41) is 13.0. The number of aromatic nitrogens is 1. The lowest BCUT2D eigenvalue weighted by Crippen LogP contribution is -2.14. The summed E-state index contributed by atoms with van der Waals surface area (Å²) in [4.78, 5) is 16.6. The molecule has 1 N–H and O–H groups in total. The molecule has 1 aromatic carbocycles. The van der Waals surface area contributed by atoms with Crippen LogP contribution in [-0.4, -0.2) is 16.6 Å². The number of nitrogens with one attached hydrogen (secondary N) is 1. The summed E-state index contributed by atoms with van der Waals surface area (Å²) >= 11 is 1.45. The lowest BCUT2D eigenvalue weighted by atomic mass is 10.1. The SMILES string of the molecule is Cc1cc(C)c(C#N)c(SCCC(=O)Nc2c(C)cccc2C)n1. The van der Waals surface area contributed by atoms with Crippen molar-refractivity contribution in [1.29, 1.82) is 5.26 Å². The maximum atomic E-state index is 12.2. The zero-order valence-corrected chi connectivity index (χ0v) is 15.3. The first kappa shape index (κ1) is 18.0. The second-order valence-corrected chi connectivity index (χ2v) is 6.87. The van der Waals surface area contributed by atoms with Gasteiger partial charge in [0.05, 0.1) is 5.56 Å². The minimum atomic E-state index is -0.0252. The minimum absolute atomic E-state index is 0.0252. The average Bonchev–Trinajstić information content (AvgIpc) is 2.51. The van der Waals surface area contributed by atoms with Crippen molar-refractivity contribution in [2.75, 3.05) is 11.1 Å². The van der Waals surface area contributed by atoms with Crippen molar-refractivity contribution in [1.82, 2.24) is 4.98 Å². The van der Waals surface area contributed by atoms with Crippen LogP contribution in [0.2, 0.25) is 0 Å². The first-order chi connectivity index (χ1) is 11.4. The van der Waals surface area contributed by atoms with Crippen LogP contribution in [0.3, 0.4) is 0 Å². The molecule has 5 heteroatoms. The van der Waals surface area contributed by atoms with E-state index >= 15 is 0 Å². The second-order valence-electron chi connectivity index (χ2n) is 5.79. The number of rotatable bonds is 5. The van der Waals surface area contributed by atoms with Gasteiger partial charge in [0.15, 0.2) is 0 Å². The third kappa shape index (κ3) is 4.36. The van der Waals surface area contributed by atoms with E-state index in [4.69, 9.17) is 0 Å². The molecular formula is C19H21N3OS. The predicted octanol–water partition coefficient (Wildman–Crippen LogP) is 4.31. The lowest BCUT2D eigenvalue weighted by Gasteiger charge is -2.11. The summed E-state index contributed by atoms with van der Waals surface area (Å²) in [7, 11) is 0. The lowest BCUT2D eigenvalue weighted by molar-refractivity contribution is -0.115. The zero-order chi connectivity index (χ0) is 17.7. The molecule has 0 bridgehead atoms. The van der Waals surface area contributed by atoms with Crippen molar-refractivity contribution >= 4 is 23.4 Å². The zero-order valence-electron chi connectivity index (χ0n) is 14.4. The fourth-order valence-electron chi connectivity index (χ4n) is 2.50. The van der Waals surface area contributed by atoms with E-state index < -0.39 is 0 Å². The van der Waals surface area contributed by atoms with Crippen LogP contribution >= 0.6 is 11.8 Å². The van der Waals surface area contributed by atoms with Crippen LogP contribution in [0, 0.1) is 39.0 Å². The highest BCUT2D eigenvalue weighted by Crippen LogP contribution is 2.25. The van der Waals surface area contributed by atoms with Gasteiger partial charge in [0.2, 0.25) is 5.91 Å². The van der Waals surface area contributed by atoms with Crippen LogP contribution in [0.4, 0.5) is 5.69 Å². The van der Waals surface area contributed by atoms with Crippen molar-refractivity contribution in [3.05, 3.63) is 52.2 Å². The molecule has 0 fully saturated rings. The molecule has 1 aromatic heterocycles. The third-order valence-electron chi connectivity index (χ3n) is 3.74. The second kappa shape index (κ2) is 7.98. The molecule has 0 aliphatic heterocycles. The summed E-state index contributed by atoms with van der Waals surface area (Å²) in [6.45, 7) is 7.78. The van der Waals surface area contributed by atoms with Crippen LogP contribution in [0.1, 0.15) is 34.4 Å². The topological polar surface area (TPSA) is 65.8 Å². The molecule has 1 amide bonds. The van der Waals surface area contributed by atoms with E-state index in [2.05, 4.69) is 16.4 Å². The summed E-state index contributed by atoms with van der Waals surface area (Å²) < 4.78 is 0. The number of hydrogen-bond donors (Lipinski definition) is 1. The molecule has 0 radical (unpaired) electrons. The van der Waals surface area contributed by atoms with Gasteiger partial charge in [0.1, 0.15) is 11.1 Å². The summed E-state index contributed by atoms with van der Waals surface area (Å²) in [5.41, 5.74) is 5.40. The van der Waals surface area contributed by atoms with Gasteiger partial charge < -0.3 is 5.32 Å². The maximum absolute atomic E-state index is 12.2. The molecule has 1 heterocycles. The Kier molecular flexibility index (Phi) is 5.99. The smallest absolute Gasteiger partial charge is 0.225 e. The Labute approximate surface area is 147 Å². The highest BCUT2D eigenvalue weighted by Gasteiger charge is 2.11. The summed E-state index contributed by atoms with van der Waals surface area (Å²) in [5.74, 6) is 0.559. The van der Waals surface area contributed by atoms with Gasteiger partial charge in [-0.3, -0.25) is 4.79 Å².